The molecule has 0 unspecified atom stereocenters. The summed E-state index contributed by atoms with van der Waals surface area (Å²) in [5, 5.41) is 0. The average Bonchev–Trinajstić information content (AvgIpc) is 2.30. The van der Waals surface area contributed by atoms with Crippen LogP contribution in [-0.2, 0) is 3.83 Å². The van der Waals surface area contributed by atoms with E-state index in [1.807, 2.05) is 48.5 Å². The Hall–Kier alpha value is -0.541. The van der Waals surface area contributed by atoms with E-state index in [0.717, 1.165) is 18.7 Å². The van der Waals surface area contributed by atoms with Gasteiger partial charge >= 0.3 is 110 Å². The summed E-state index contributed by atoms with van der Waals surface area (Å²) < 4.78 is 14.0. The van der Waals surface area contributed by atoms with Crippen molar-refractivity contribution in [1.29, 1.82) is 0 Å². The fourth-order valence-corrected chi connectivity index (χ4v) is 3.75. The van der Waals surface area contributed by atoms with Crippen molar-refractivity contribution >= 4 is 48.0 Å². The number of thiol groups is 2. The molecule has 0 aromatic heterocycles. The van der Waals surface area contributed by atoms with Crippen molar-refractivity contribution in [1.82, 2.24) is 0 Å². The monoisotopic (exact) mass is 314 g/mol. The van der Waals surface area contributed by atoms with Crippen LogP contribution >= 0.6 is 25.3 Å². The van der Waals surface area contributed by atoms with Crippen LogP contribution in [0.1, 0.15) is 0 Å². The van der Waals surface area contributed by atoms with Gasteiger partial charge in [0, 0.05) is 0 Å². The van der Waals surface area contributed by atoms with Gasteiger partial charge in [0.1, 0.15) is 0 Å². The number of rotatable bonds is 2. The van der Waals surface area contributed by atoms with Gasteiger partial charge in [0.25, 0.3) is 0 Å². The van der Waals surface area contributed by atoms with Gasteiger partial charge in [0.05, 0.1) is 0 Å². The maximum atomic E-state index is 12.2. The molecule has 0 atom stereocenters. The van der Waals surface area contributed by atoms with Gasteiger partial charge in [0.15, 0.2) is 0 Å². The van der Waals surface area contributed by atoms with Gasteiger partial charge in [-0.05, 0) is 0 Å². The molecule has 4 heteroatoms. The molecule has 0 fully saturated rings. The molecule has 0 heterocycles. The van der Waals surface area contributed by atoms with Crippen LogP contribution in [-0.4, -0.2) is 13.8 Å². The van der Waals surface area contributed by atoms with Gasteiger partial charge in [-0.3, -0.25) is 0 Å². The Labute approximate surface area is 110 Å². The first kappa shape index (κ1) is 11.9. The van der Waals surface area contributed by atoms with E-state index in [2.05, 4.69) is 25.3 Å². The van der Waals surface area contributed by atoms with Gasteiger partial charge in [-0.1, -0.05) is 0 Å². The Morgan fingerprint density at radius 2 is 1.00 bits per heavy atom. The van der Waals surface area contributed by atoms with Crippen molar-refractivity contribution in [3.8, 4) is 0 Å². The summed E-state index contributed by atoms with van der Waals surface area (Å²) in [6.45, 7) is 0. The molecule has 0 aliphatic heterocycles. The average molecular weight is 313 g/mol. The predicted molar refractivity (Wildman–Crippen MR) is 73.1 cm³/mol. The zero-order valence-electron chi connectivity index (χ0n) is 8.33. The van der Waals surface area contributed by atoms with Crippen molar-refractivity contribution in [2.24, 2.45) is 0 Å². The van der Waals surface area contributed by atoms with E-state index >= 15 is 0 Å². The molecule has 0 saturated carbocycles. The van der Waals surface area contributed by atoms with Gasteiger partial charge in [0.2, 0.25) is 0 Å². The fraction of sp³-hybridized carbons (Fsp3) is 0. The molecule has 0 radical (unpaired) electrons. The molecule has 0 bridgehead atoms. The maximum absolute atomic E-state index is 12.2. The zero-order valence-corrected chi connectivity index (χ0v) is 11.8. The summed E-state index contributed by atoms with van der Waals surface area (Å²) in [7, 11) is 0. The first-order valence-corrected chi connectivity index (χ1v) is 7.97. The Morgan fingerprint density at radius 1 is 0.688 bits per heavy atom. The second kappa shape index (κ2) is 5.19. The van der Waals surface area contributed by atoms with Gasteiger partial charge in [-0.25, -0.2) is 0 Å². The van der Waals surface area contributed by atoms with Crippen LogP contribution in [0.4, 0.5) is 0 Å². The van der Waals surface area contributed by atoms with E-state index in [-0.39, 0.29) is 0 Å². The molecule has 0 spiro atoms. The van der Waals surface area contributed by atoms with E-state index in [0.29, 0.717) is 0 Å². The Morgan fingerprint density at radius 3 is 1.31 bits per heavy atom. The van der Waals surface area contributed by atoms with E-state index in [1.165, 1.54) is 0 Å². The molecular weight excluding hydrogens is 303 g/mol. The summed E-state index contributed by atoms with van der Waals surface area (Å²) in [5.41, 5.74) is 0. The van der Waals surface area contributed by atoms with Crippen LogP contribution in [0.15, 0.2) is 58.3 Å². The molecule has 0 amide bonds. The van der Waals surface area contributed by atoms with Gasteiger partial charge in [-0.15, -0.1) is 0 Å². The third-order valence-corrected chi connectivity index (χ3v) is 5.64. The molecule has 82 valence electrons. The topological polar surface area (TPSA) is 17.1 Å². The molecule has 2 rings (SSSR count). The van der Waals surface area contributed by atoms with Crippen molar-refractivity contribution in [3.05, 3.63) is 48.5 Å². The predicted octanol–water partition coefficient (Wildman–Crippen LogP) is 1.80. The second-order valence-electron chi connectivity index (χ2n) is 3.26. The zero-order chi connectivity index (χ0) is 11.5. The van der Waals surface area contributed by atoms with Crippen LogP contribution in [0.2, 0.25) is 0 Å². The van der Waals surface area contributed by atoms with Gasteiger partial charge in [-0.2, -0.15) is 0 Å². The first-order valence-electron chi connectivity index (χ1n) is 4.66. The molecule has 0 N–H and O–H groups in total. The van der Waals surface area contributed by atoms with Crippen molar-refractivity contribution in [2.45, 2.75) is 9.79 Å². The summed E-state index contributed by atoms with van der Waals surface area (Å²) in [5.74, 6) is 0. The van der Waals surface area contributed by atoms with Crippen molar-refractivity contribution in [2.75, 3.05) is 0 Å². The fourth-order valence-electron chi connectivity index (χ4n) is 1.28. The molecule has 0 aliphatic rings. The molecule has 2 aromatic carbocycles. The third-order valence-electron chi connectivity index (χ3n) is 2.10. The summed E-state index contributed by atoms with van der Waals surface area (Å²) in [4.78, 5) is 1.77. The SMILES string of the molecule is O=[Se](c1ccc(S)cc1)c1ccc(S)cc1. The molecule has 16 heavy (non-hydrogen) atoms. The normalized spacial score (nSPS) is 10.7. The number of hydrogen-bond donors (Lipinski definition) is 2. The van der Waals surface area contributed by atoms with Gasteiger partial charge < -0.3 is 0 Å². The van der Waals surface area contributed by atoms with E-state index in [9.17, 15) is 3.83 Å². The van der Waals surface area contributed by atoms with Crippen molar-refractivity contribution in [3.63, 3.8) is 0 Å². The number of benzene rings is 2. The molecule has 1 nitrogen and oxygen atoms in total. The summed E-state index contributed by atoms with van der Waals surface area (Å²) in [6.07, 6.45) is 0. The Balaban J connectivity index is 2.32. The molecule has 0 aliphatic carbocycles. The van der Waals surface area contributed by atoms with Crippen molar-refractivity contribution < 1.29 is 3.83 Å². The Kier molecular flexibility index (Phi) is 3.87. The summed E-state index contributed by atoms with van der Waals surface area (Å²) >= 11 is 6.27. The van der Waals surface area contributed by atoms with Crippen LogP contribution in [0.3, 0.4) is 0 Å². The van der Waals surface area contributed by atoms with Crippen LogP contribution in [0.5, 0.6) is 0 Å². The first-order chi connectivity index (χ1) is 7.66. The second-order valence-corrected chi connectivity index (χ2v) is 7.40. The summed E-state index contributed by atoms with van der Waals surface area (Å²) in [6, 6.07) is 14.9. The quantitative estimate of drug-likeness (QED) is 0.639. The standard InChI is InChI=1S/C12H10OS2Se/c13-16(11-5-1-9(14)2-6-11)12-7-3-10(15)4-8-12/h1-8,14-15H. The minimum absolute atomic E-state index is 0.879. The third kappa shape index (κ3) is 2.77. The molecule has 2 aromatic rings. The Bertz CT molecular complexity index is 458. The van der Waals surface area contributed by atoms with E-state index in [1.54, 1.807) is 0 Å². The minimum atomic E-state index is -2.13. The van der Waals surface area contributed by atoms with Crippen LogP contribution in [0, 0.1) is 0 Å². The molecular formula is C12H10OS2Se. The van der Waals surface area contributed by atoms with E-state index < -0.39 is 13.8 Å². The molecule has 0 saturated heterocycles. The number of hydrogen-bond acceptors (Lipinski definition) is 3. The van der Waals surface area contributed by atoms with Crippen LogP contribution in [0.25, 0.3) is 0 Å². The van der Waals surface area contributed by atoms with E-state index in [4.69, 9.17) is 0 Å². The van der Waals surface area contributed by atoms with Crippen LogP contribution < -0.4 is 8.92 Å².